The number of hydrogen-bond acceptors (Lipinski definition) is 3. The van der Waals surface area contributed by atoms with Crippen LogP contribution >= 0.6 is 27.7 Å². The van der Waals surface area contributed by atoms with Gasteiger partial charge in [0.15, 0.2) is 5.82 Å². The van der Waals surface area contributed by atoms with Crippen molar-refractivity contribution in [1.82, 2.24) is 14.1 Å². The molecule has 0 bridgehead atoms. The van der Waals surface area contributed by atoms with Crippen molar-refractivity contribution in [2.75, 3.05) is 0 Å². The van der Waals surface area contributed by atoms with E-state index in [1.807, 2.05) is 4.57 Å². The smallest absolute Gasteiger partial charge is 0.155 e. The fourth-order valence-corrected chi connectivity index (χ4v) is 1.43. The molecule has 0 radical (unpaired) electrons. The zero-order chi connectivity index (χ0) is 7.84. The highest BCUT2D eigenvalue weighted by molar-refractivity contribution is 9.10. The highest BCUT2D eigenvalue weighted by Gasteiger charge is 2.12. The van der Waals surface area contributed by atoms with Gasteiger partial charge in [0, 0.05) is 11.8 Å². The summed E-state index contributed by atoms with van der Waals surface area (Å²) in [6, 6.07) is 0. The molecule has 58 valence electrons. The summed E-state index contributed by atoms with van der Waals surface area (Å²) in [6.45, 7) is 0.522. The Bertz CT molecular complexity index is 307. The number of imidazole rings is 1. The Labute approximate surface area is 76.7 Å². The predicted octanol–water partition coefficient (Wildman–Crippen LogP) is 1.41. The monoisotopic (exact) mass is 234 g/mol. The maximum absolute atomic E-state index is 5.64. The van der Waals surface area contributed by atoms with Gasteiger partial charge in [-0.05, 0) is 15.9 Å². The van der Waals surface area contributed by atoms with Gasteiger partial charge in [-0.25, -0.2) is 4.98 Å². The van der Waals surface area contributed by atoms with Crippen LogP contribution in [0.25, 0.3) is 0 Å². The largest absolute Gasteiger partial charge is 0.296 e. The van der Waals surface area contributed by atoms with E-state index in [4.69, 9.17) is 11.8 Å². The average molecular weight is 235 g/mol. The van der Waals surface area contributed by atoms with Gasteiger partial charge >= 0.3 is 0 Å². The summed E-state index contributed by atoms with van der Waals surface area (Å²) in [5.74, 6) is 0.814. The molecule has 1 aromatic rings. The number of hydrogen-bond donors (Lipinski definition) is 0. The van der Waals surface area contributed by atoms with Crippen LogP contribution in [0.2, 0.25) is 0 Å². The molecule has 0 aliphatic carbocycles. The van der Waals surface area contributed by atoms with Crippen LogP contribution in [0, 0.1) is 0 Å². The summed E-state index contributed by atoms with van der Waals surface area (Å²) in [5, 5.41) is 3.85. The van der Waals surface area contributed by atoms with E-state index in [0.717, 1.165) is 10.4 Å². The Morgan fingerprint density at radius 1 is 1.64 bits per heavy atom. The van der Waals surface area contributed by atoms with E-state index in [2.05, 4.69) is 26.0 Å². The second-order valence-corrected chi connectivity index (χ2v) is 3.29. The fourth-order valence-electron chi connectivity index (χ4n) is 0.879. The quantitative estimate of drug-likeness (QED) is 0.637. The summed E-state index contributed by atoms with van der Waals surface area (Å²) in [5.41, 5.74) is 0. The fraction of sp³-hybridized carbons (Fsp3) is 0.200. The lowest BCUT2D eigenvalue weighted by Crippen LogP contribution is -2.19. The number of fused-ring (bicyclic) bond motifs is 1. The van der Waals surface area contributed by atoms with Crippen LogP contribution in [0.3, 0.4) is 0 Å². The molecule has 0 saturated heterocycles. The standard InChI is InChI=1S/C5H4BrClN4/c6-4-1-8-5-2-9-11(7)3-10(4)5/h1-2H,3H2. The molecule has 0 amide bonds. The molecule has 0 aromatic carbocycles. The predicted molar refractivity (Wildman–Crippen MR) is 45.2 cm³/mol. The van der Waals surface area contributed by atoms with Gasteiger partial charge in [-0.1, -0.05) is 0 Å². The molecular weight excluding hydrogens is 231 g/mol. The zero-order valence-electron chi connectivity index (χ0n) is 5.41. The molecular formula is C5H4BrClN4. The Balaban J connectivity index is 2.48. The molecule has 0 unspecified atom stereocenters. The van der Waals surface area contributed by atoms with Gasteiger partial charge in [0.1, 0.15) is 11.3 Å². The number of nitrogens with zero attached hydrogens (tertiary/aromatic N) is 4. The SMILES string of the molecule is ClN1Cn2c(Br)cnc2C=N1. The third-order valence-corrected chi connectivity index (χ3v) is 2.22. The molecule has 4 nitrogen and oxygen atoms in total. The van der Waals surface area contributed by atoms with Gasteiger partial charge in [0.05, 0.1) is 12.4 Å². The first-order valence-electron chi connectivity index (χ1n) is 2.96. The van der Waals surface area contributed by atoms with Crippen LogP contribution in [-0.2, 0) is 6.67 Å². The topological polar surface area (TPSA) is 33.4 Å². The lowest BCUT2D eigenvalue weighted by atomic mass is 10.6. The zero-order valence-corrected chi connectivity index (χ0v) is 7.75. The summed E-state index contributed by atoms with van der Waals surface area (Å²) in [6.07, 6.45) is 3.33. The first kappa shape index (κ1) is 7.12. The van der Waals surface area contributed by atoms with Crippen LogP contribution < -0.4 is 0 Å². The van der Waals surface area contributed by atoms with Crippen molar-refractivity contribution in [2.45, 2.75) is 6.67 Å². The van der Waals surface area contributed by atoms with Crippen molar-refractivity contribution in [1.29, 1.82) is 0 Å². The molecule has 2 heterocycles. The number of halogens is 2. The Morgan fingerprint density at radius 3 is 3.27 bits per heavy atom. The minimum Gasteiger partial charge on any atom is -0.296 e. The molecule has 1 aromatic heterocycles. The lowest BCUT2D eigenvalue weighted by molar-refractivity contribution is 0.374. The van der Waals surface area contributed by atoms with E-state index in [0.29, 0.717) is 6.67 Å². The minimum absolute atomic E-state index is 0.522. The van der Waals surface area contributed by atoms with Crippen molar-refractivity contribution in [3.8, 4) is 0 Å². The van der Waals surface area contributed by atoms with Crippen LogP contribution in [-0.4, -0.2) is 20.3 Å². The van der Waals surface area contributed by atoms with E-state index in [9.17, 15) is 0 Å². The molecule has 6 heteroatoms. The highest BCUT2D eigenvalue weighted by atomic mass is 79.9. The first-order chi connectivity index (χ1) is 5.27. The van der Waals surface area contributed by atoms with Gasteiger partial charge in [0.25, 0.3) is 0 Å². The Kier molecular flexibility index (Phi) is 1.61. The third kappa shape index (κ3) is 1.14. The Morgan fingerprint density at radius 2 is 2.45 bits per heavy atom. The van der Waals surface area contributed by atoms with Crippen molar-refractivity contribution < 1.29 is 0 Å². The molecule has 0 atom stereocenters. The van der Waals surface area contributed by atoms with Gasteiger partial charge in [-0.2, -0.15) is 9.63 Å². The maximum atomic E-state index is 5.64. The molecule has 11 heavy (non-hydrogen) atoms. The van der Waals surface area contributed by atoms with Crippen LogP contribution in [0.4, 0.5) is 0 Å². The molecule has 1 aliphatic rings. The number of rotatable bonds is 0. The normalized spacial score (nSPS) is 15.3. The second kappa shape index (κ2) is 2.49. The molecule has 0 saturated carbocycles. The minimum atomic E-state index is 0.522. The summed E-state index contributed by atoms with van der Waals surface area (Å²) >= 11 is 8.97. The molecule has 1 aliphatic heterocycles. The maximum Gasteiger partial charge on any atom is 0.155 e. The van der Waals surface area contributed by atoms with Gasteiger partial charge in [-0.3, -0.25) is 4.57 Å². The second-order valence-electron chi connectivity index (χ2n) is 2.09. The highest BCUT2D eigenvalue weighted by Crippen LogP contribution is 2.16. The van der Waals surface area contributed by atoms with E-state index in [1.165, 1.54) is 4.53 Å². The Hall–Kier alpha value is -0.550. The molecule has 0 spiro atoms. The first-order valence-corrected chi connectivity index (χ1v) is 4.09. The van der Waals surface area contributed by atoms with Crippen LogP contribution in [0.15, 0.2) is 15.9 Å². The van der Waals surface area contributed by atoms with Gasteiger partial charge in [-0.15, -0.1) is 0 Å². The van der Waals surface area contributed by atoms with Crippen molar-refractivity contribution in [3.63, 3.8) is 0 Å². The van der Waals surface area contributed by atoms with Gasteiger partial charge < -0.3 is 0 Å². The van der Waals surface area contributed by atoms with Crippen molar-refractivity contribution in [2.24, 2.45) is 5.10 Å². The summed E-state index contributed by atoms with van der Waals surface area (Å²) in [4.78, 5) is 4.07. The summed E-state index contributed by atoms with van der Waals surface area (Å²) < 4.78 is 4.13. The molecule has 0 N–H and O–H groups in total. The van der Waals surface area contributed by atoms with Crippen molar-refractivity contribution >= 4 is 33.9 Å². The average Bonchev–Trinajstić information content (AvgIpc) is 2.33. The third-order valence-electron chi connectivity index (χ3n) is 1.39. The molecule has 2 rings (SSSR count). The van der Waals surface area contributed by atoms with E-state index in [-0.39, 0.29) is 0 Å². The van der Waals surface area contributed by atoms with Crippen LogP contribution in [0.5, 0.6) is 0 Å². The van der Waals surface area contributed by atoms with E-state index < -0.39 is 0 Å². The van der Waals surface area contributed by atoms with E-state index >= 15 is 0 Å². The van der Waals surface area contributed by atoms with Crippen molar-refractivity contribution in [3.05, 3.63) is 16.6 Å². The summed E-state index contributed by atoms with van der Waals surface area (Å²) in [7, 11) is 0. The van der Waals surface area contributed by atoms with Gasteiger partial charge in [0.2, 0.25) is 0 Å². The lowest BCUT2D eigenvalue weighted by Gasteiger charge is -2.16. The van der Waals surface area contributed by atoms with E-state index in [1.54, 1.807) is 12.4 Å². The number of hydrazone groups is 1. The molecule has 0 fully saturated rings. The van der Waals surface area contributed by atoms with Crippen LogP contribution in [0.1, 0.15) is 5.82 Å². The number of aromatic nitrogens is 2.